The number of rotatable bonds is 9. The number of carboxylic acids is 1. The molecule has 1 aliphatic heterocycles. The first-order valence-electron chi connectivity index (χ1n) is 11.9. The second kappa shape index (κ2) is 10.8. The Morgan fingerprint density at radius 2 is 1.94 bits per heavy atom. The maximum absolute atomic E-state index is 11.6. The average molecular weight is 448 g/mol. The van der Waals surface area contributed by atoms with Gasteiger partial charge in [0.2, 0.25) is 0 Å². The van der Waals surface area contributed by atoms with E-state index in [-0.39, 0.29) is 12.7 Å². The molecule has 174 valence electrons. The zero-order valence-electron chi connectivity index (χ0n) is 19.2. The summed E-state index contributed by atoms with van der Waals surface area (Å²) < 4.78 is 6.51. The van der Waals surface area contributed by atoms with E-state index in [0.29, 0.717) is 23.7 Å². The fraction of sp³-hybridized carbons (Fsp3) is 0.393. The molecule has 2 aliphatic rings. The van der Waals surface area contributed by atoms with Gasteiger partial charge in [0, 0.05) is 18.5 Å². The SMILES string of the molecule is CCCCC1=CNC2=C(CC(CO)CC2)C1OCc1ccc(-c2ccccc2C(=O)O)cc1. The van der Waals surface area contributed by atoms with Crippen LogP contribution in [0.5, 0.6) is 0 Å². The minimum Gasteiger partial charge on any atom is -0.478 e. The van der Waals surface area contributed by atoms with Crippen LogP contribution in [-0.2, 0) is 11.3 Å². The van der Waals surface area contributed by atoms with E-state index >= 15 is 0 Å². The lowest BCUT2D eigenvalue weighted by Crippen LogP contribution is -2.33. The number of allylic oxidation sites excluding steroid dienone is 1. The lowest BCUT2D eigenvalue weighted by Gasteiger charge is -2.36. The van der Waals surface area contributed by atoms with Gasteiger partial charge in [-0.25, -0.2) is 4.79 Å². The smallest absolute Gasteiger partial charge is 0.336 e. The van der Waals surface area contributed by atoms with E-state index < -0.39 is 5.97 Å². The third kappa shape index (κ3) is 5.37. The first kappa shape index (κ1) is 23.3. The fourth-order valence-electron chi connectivity index (χ4n) is 4.78. The molecule has 2 aromatic carbocycles. The molecule has 5 nitrogen and oxygen atoms in total. The van der Waals surface area contributed by atoms with Gasteiger partial charge >= 0.3 is 5.97 Å². The minimum atomic E-state index is -0.923. The summed E-state index contributed by atoms with van der Waals surface area (Å²) in [4.78, 5) is 11.6. The predicted molar refractivity (Wildman–Crippen MR) is 130 cm³/mol. The van der Waals surface area contributed by atoms with Crippen molar-refractivity contribution in [3.05, 3.63) is 82.7 Å². The van der Waals surface area contributed by atoms with Crippen LogP contribution in [0.4, 0.5) is 0 Å². The fourth-order valence-corrected chi connectivity index (χ4v) is 4.78. The van der Waals surface area contributed by atoms with E-state index in [4.69, 9.17) is 4.74 Å². The standard InChI is InChI=1S/C28H33NO4/c1-2-3-6-22-16-29-26-14-11-20(17-30)15-25(26)27(22)33-18-19-9-12-21(13-10-19)23-7-4-5-8-24(23)28(31)32/h4-5,7-10,12-13,16,20,27,29-30H,2-3,6,11,14-15,17-18H2,1H3,(H,31,32). The van der Waals surface area contributed by atoms with Crippen LogP contribution in [0.15, 0.2) is 71.6 Å². The van der Waals surface area contributed by atoms with Crippen molar-refractivity contribution < 1.29 is 19.7 Å². The number of ether oxygens (including phenoxy) is 1. The second-order valence-electron chi connectivity index (χ2n) is 9.00. The lowest BCUT2D eigenvalue weighted by molar-refractivity contribution is 0.0697. The molecule has 5 heteroatoms. The molecule has 1 aliphatic carbocycles. The molecule has 4 rings (SSSR count). The van der Waals surface area contributed by atoms with Crippen LogP contribution in [-0.4, -0.2) is 28.9 Å². The van der Waals surface area contributed by atoms with E-state index in [2.05, 4.69) is 18.4 Å². The first-order valence-corrected chi connectivity index (χ1v) is 11.9. The Hall–Kier alpha value is -2.89. The molecule has 0 amide bonds. The van der Waals surface area contributed by atoms with Crippen LogP contribution < -0.4 is 5.32 Å². The molecule has 2 aromatic rings. The Morgan fingerprint density at radius 3 is 2.67 bits per heavy atom. The van der Waals surface area contributed by atoms with Gasteiger partial charge in [0.15, 0.2) is 0 Å². The third-order valence-electron chi connectivity index (χ3n) is 6.70. The molecule has 0 aromatic heterocycles. The van der Waals surface area contributed by atoms with Gasteiger partial charge in [-0.3, -0.25) is 0 Å². The Morgan fingerprint density at radius 1 is 1.15 bits per heavy atom. The highest BCUT2D eigenvalue weighted by Crippen LogP contribution is 2.37. The Kier molecular flexibility index (Phi) is 7.63. The molecule has 0 radical (unpaired) electrons. The summed E-state index contributed by atoms with van der Waals surface area (Å²) in [6, 6.07) is 15.0. The lowest BCUT2D eigenvalue weighted by atomic mass is 9.80. The normalized spacial score (nSPS) is 20.1. The highest BCUT2D eigenvalue weighted by atomic mass is 16.5. The monoisotopic (exact) mass is 447 g/mol. The molecule has 0 saturated heterocycles. The van der Waals surface area contributed by atoms with Crippen LogP contribution in [0.2, 0.25) is 0 Å². The van der Waals surface area contributed by atoms with Crippen molar-refractivity contribution in [2.45, 2.75) is 58.2 Å². The van der Waals surface area contributed by atoms with Crippen LogP contribution in [0.3, 0.4) is 0 Å². The van der Waals surface area contributed by atoms with Gasteiger partial charge in [0.25, 0.3) is 0 Å². The van der Waals surface area contributed by atoms with Crippen molar-refractivity contribution in [1.29, 1.82) is 0 Å². The van der Waals surface area contributed by atoms with Crippen LogP contribution in [0, 0.1) is 5.92 Å². The number of dihydropyridines is 1. The summed E-state index contributed by atoms with van der Waals surface area (Å²) in [7, 11) is 0. The molecule has 33 heavy (non-hydrogen) atoms. The maximum atomic E-state index is 11.6. The zero-order valence-corrected chi connectivity index (χ0v) is 19.2. The number of benzene rings is 2. The number of aliphatic hydroxyl groups is 1. The number of carboxylic acid groups (broad SMARTS) is 1. The summed E-state index contributed by atoms with van der Waals surface area (Å²) in [5, 5.41) is 22.7. The van der Waals surface area contributed by atoms with Crippen molar-refractivity contribution in [3.63, 3.8) is 0 Å². The van der Waals surface area contributed by atoms with Gasteiger partial charge in [-0.1, -0.05) is 55.8 Å². The van der Waals surface area contributed by atoms with Gasteiger partial charge in [0.05, 0.1) is 12.2 Å². The van der Waals surface area contributed by atoms with Crippen molar-refractivity contribution in [2.75, 3.05) is 6.61 Å². The number of hydrogen-bond donors (Lipinski definition) is 3. The molecule has 0 fully saturated rings. The number of carbonyl (C=O) groups is 1. The van der Waals surface area contributed by atoms with Crippen LogP contribution >= 0.6 is 0 Å². The molecule has 0 saturated carbocycles. The molecule has 2 unspecified atom stereocenters. The van der Waals surface area contributed by atoms with E-state index in [1.165, 1.54) is 16.8 Å². The van der Waals surface area contributed by atoms with Crippen molar-refractivity contribution in [3.8, 4) is 11.1 Å². The Labute approximate surface area is 195 Å². The minimum absolute atomic E-state index is 0.0467. The average Bonchev–Trinajstić information content (AvgIpc) is 2.86. The summed E-state index contributed by atoms with van der Waals surface area (Å²) >= 11 is 0. The highest BCUT2D eigenvalue weighted by molar-refractivity contribution is 5.95. The zero-order chi connectivity index (χ0) is 23.2. The van der Waals surface area contributed by atoms with Gasteiger partial charge in [-0.2, -0.15) is 0 Å². The number of aliphatic hydroxyl groups excluding tert-OH is 1. The number of aromatic carboxylic acids is 1. The second-order valence-corrected chi connectivity index (χ2v) is 9.00. The predicted octanol–water partition coefficient (Wildman–Crippen LogP) is 5.66. The summed E-state index contributed by atoms with van der Waals surface area (Å²) in [6.45, 7) is 2.90. The first-order chi connectivity index (χ1) is 16.1. The van der Waals surface area contributed by atoms with Crippen LogP contribution in [0.1, 0.15) is 61.4 Å². The molecular formula is C28H33NO4. The van der Waals surface area contributed by atoms with Gasteiger partial charge in [-0.05, 0) is 71.9 Å². The Bertz CT molecular complexity index is 1040. The molecule has 0 spiro atoms. The number of unbranched alkanes of at least 4 members (excludes halogenated alkanes) is 1. The van der Waals surface area contributed by atoms with E-state index in [0.717, 1.165) is 49.7 Å². The number of hydrogen-bond acceptors (Lipinski definition) is 4. The molecule has 1 heterocycles. The third-order valence-corrected chi connectivity index (χ3v) is 6.70. The maximum Gasteiger partial charge on any atom is 0.336 e. The van der Waals surface area contributed by atoms with Gasteiger partial charge < -0.3 is 20.3 Å². The molecule has 0 bridgehead atoms. The van der Waals surface area contributed by atoms with Crippen molar-refractivity contribution in [1.82, 2.24) is 5.32 Å². The highest BCUT2D eigenvalue weighted by Gasteiger charge is 2.31. The molecule has 2 atom stereocenters. The van der Waals surface area contributed by atoms with Gasteiger partial charge in [-0.15, -0.1) is 0 Å². The topological polar surface area (TPSA) is 78.8 Å². The molecular weight excluding hydrogens is 414 g/mol. The summed E-state index contributed by atoms with van der Waals surface area (Å²) in [5.41, 5.74) is 6.78. The van der Waals surface area contributed by atoms with Crippen molar-refractivity contribution >= 4 is 5.97 Å². The van der Waals surface area contributed by atoms with E-state index in [1.54, 1.807) is 12.1 Å². The van der Waals surface area contributed by atoms with Crippen molar-refractivity contribution in [2.24, 2.45) is 5.92 Å². The number of nitrogens with one attached hydrogen (secondary N) is 1. The largest absolute Gasteiger partial charge is 0.478 e. The van der Waals surface area contributed by atoms with E-state index in [1.807, 2.05) is 36.4 Å². The van der Waals surface area contributed by atoms with E-state index in [9.17, 15) is 15.0 Å². The summed E-state index contributed by atoms with van der Waals surface area (Å²) in [6.07, 6.45) is 8.17. The summed E-state index contributed by atoms with van der Waals surface area (Å²) in [5.74, 6) is -0.621. The van der Waals surface area contributed by atoms with Gasteiger partial charge in [0.1, 0.15) is 6.10 Å². The van der Waals surface area contributed by atoms with Crippen LogP contribution in [0.25, 0.3) is 11.1 Å². The quantitative estimate of drug-likeness (QED) is 0.462. The Balaban J connectivity index is 1.50. The molecule has 3 N–H and O–H groups in total.